The highest BCUT2D eigenvalue weighted by Crippen LogP contribution is 2.23. The molecule has 13 heavy (non-hydrogen) atoms. The van der Waals surface area contributed by atoms with Gasteiger partial charge < -0.3 is 5.32 Å². The number of hydrogen-bond donors (Lipinski definition) is 2. The minimum atomic E-state index is -0.176. The van der Waals surface area contributed by atoms with Gasteiger partial charge in [0, 0.05) is 12.7 Å². The maximum absolute atomic E-state index is 4.53. The highest BCUT2D eigenvalue weighted by molar-refractivity contribution is 7.82. The van der Waals surface area contributed by atoms with Crippen LogP contribution in [0, 0.1) is 0 Å². The third kappa shape index (κ3) is 1.97. The highest BCUT2D eigenvalue weighted by atomic mass is 32.1. The molecule has 70 valence electrons. The van der Waals surface area contributed by atoms with Gasteiger partial charge in [-0.05, 0) is 31.9 Å². The van der Waals surface area contributed by atoms with Crippen LogP contribution < -0.4 is 5.32 Å². The lowest BCUT2D eigenvalue weighted by atomic mass is 10.0. The Morgan fingerprint density at radius 3 is 3.31 bits per heavy atom. The molecule has 0 aromatic carbocycles. The molecule has 0 aromatic heterocycles. The molecule has 1 saturated heterocycles. The number of allylic oxidation sites excluding steroid dienone is 1. The second-order valence-electron chi connectivity index (χ2n) is 3.71. The van der Waals surface area contributed by atoms with E-state index in [1.54, 1.807) is 0 Å². The van der Waals surface area contributed by atoms with Crippen molar-refractivity contribution in [2.45, 2.75) is 24.5 Å². The molecule has 0 spiro atoms. The molecule has 0 radical (unpaired) electrons. The number of piperidine rings is 1. The predicted molar refractivity (Wildman–Crippen MR) is 59.3 cm³/mol. The molecule has 1 unspecified atom stereocenters. The van der Waals surface area contributed by atoms with Gasteiger partial charge in [-0.15, -0.1) is 0 Å². The number of nitrogens with one attached hydrogen (secondary N) is 1. The number of thiol groups is 1. The van der Waals surface area contributed by atoms with Crippen LogP contribution in [0.4, 0.5) is 0 Å². The maximum atomic E-state index is 4.53. The summed E-state index contributed by atoms with van der Waals surface area (Å²) in [7, 11) is 0. The standard InChI is InChI=1S/C10H14N2S/c1-10(13)4-6-12-8-3-2-5-11-9(8)7-10/h4,6-7,11,13H,2-3,5H2,1H3. The van der Waals surface area contributed by atoms with Crippen molar-refractivity contribution in [2.24, 2.45) is 4.99 Å². The fourth-order valence-corrected chi connectivity index (χ4v) is 1.80. The molecule has 2 heterocycles. The van der Waals surface area contributed by atoms with Gasteiger partial charge in [-0.25, -0.2) is 0 Å². The van der Waals surface area contributed by atoms with E-state index in [9.17, 15) is 0 Å². The van der Waals surface area contributed by atoms with Crippen LogP contribution >= 0.6 is 12.6 Å². The molecule has 0 aliphatic carbocycles. The van der Waals surface area contributed by atoms with Crippen LogP contribution in [0.5, 0.6) is 0 Å². The quantitative estimate of drug-likeness (QED) is 0.566. The molecule has 2 nitrogen and oxygen atoms in total. The second-order valence-corrected chi connectivity index (χ2v) is 4.67. The Hall–Kier alpha value is -0.700. The fraction of sp³-hybridized carbons (Fsp3) is 0.500. The molecule has 0 amide bonds. The highest BCUT2D eigenvalue weighted by Gasteiger charge is 2.20. The van der Waals surface area contributed by atoms with Gasteiger partial charge in [-0.1, -0.05) is 0 Å². The van der Waals surface area contributed by atoms with Crippen molar-refractivity contribution in [3.8, 4) is 0 Å². The van der Waals surface area contributed by atoms with Crippen molar-refractivity contribution in [3.05, 3.63) is 24.0 Å². The molecule has 1 N–H and O–H groups in total. The lowest BCUT2D eigenvalue weighted by molar-refractivity contribution is 0.720. The average Bonchev–Trinajstić information content (AvgIpc) is 2.21. The summed E-state index contributed by atoms with van der Waals surface area (Å²) >= 11 is 4.53. The fourth-order valence-electron chi connectivity index (χ4n) is 1.60. The molecule has 0 bridgehead atoms. The van der Waals surface area contributed by atoms with Crippen LogP contribution in [-0.2, 0) is 0 Å². The van der Waals surface area contributed by atoms with E-state index in [0.29, 0.717) is 0 Å². The van der Waals surface area contributed by atoms with Crippen LogP contribution in [0.2, 0.25) is 0 Å². The summed E-state index contributed by atoms with van der Waals surface area (Å²) in [5.41, 5.74) is 2.33. The number of hydrogen-bond acceptors (Lipinski definition) is 3. The Balaban J connectivity index is 2.34. The summed E-state index contributed by atoms with van der Waals surface area (Å²) in [6, 6.07) is 0. The SMILES string of the molecule is CC1(S)C=CN=C2CCCNC2=C1. The van der Waals surface area contributed by atoms with Gasteiger partial charge in [0.15, 0.2) is 0 Å². The van der Waals surface area contributed by atoms with Crippen LogP contribution in [0.3, 0.4) is 0 Å². The van der Waals surface area contributed by atoms with Gasteiger partial charge >= 0.3 is 0 Å². The van der Waals surface area contributed by atoms with Gasteiger partial charge in [0.2, 0.25) is 0 Å². The average molecular weight is 194 g/mol. The molecule has 1 fully saturated rings. The zero-order valence-corrected chi connectivity index (χ0v) is 8.64. The lowest BCUT2D eigenvalue weighted by Crippen LogP contribution is -2.29. The summed E-state index contributed by atoms with van der Waals surface area (Å²) in [6.45, 7) is 3.11. The van der Waals surface area contributed by atoms with E-state index in [0.717, 1.165) is 18.7 Å². The maximum Gasteiger partial charge on any atom is 0.0632 e. The predicted octanol–water partition coefficient (Wildman–Crippen LogP) is 1.91. The summed E-state index contributed by atoms with van der Waals surface area (Å²) in [4.78, 5) is 4.40. The minimum Gasteiger partial charge on any atom is -0.384 e. The van der Waals surface area contributed by atoms with Crippen molar-refractivity contribution in [1.82, 2.24) is 5.32 Å². The Morgan fingerprint density at radius 2 is 2.46 bits per heavy atom. The Bertz CT molecular complexity index is 300. The molecular formula is C10H14N2S. The third-order valence-corrected chi connectivity index (χ3v) is 2.57. The van der Waals surface area contributed by atoms with E-state index in [1.807, 2.05) is 12.3 Å². The summed E-state index contributed by atoms with van der Waals surface area (Å²) in [5, 5.41) is 3.36. The van der Waals surface area contributed by atoms with Crippen LogP contribution in [-0.4, -0.2) is 17.0 Å². The topological polar surface area (TPSA) is 24.4 Å². The minimum absolute atomic E-state index is 0.176. The van der Waals surface area contributed by atoms with Crippen molar-refractivity contribution >= 4 is 18.3 Å². The van der Waals surface area contributed by atoms with Gasteiger partial charge in [-0.2, -0.15) is 12.6 Å². The van der Waals surface area contributed by atoms with Crippen LogP contribution in [0.15, 0.2) is 29.0 Å². The van der Waals surface area contributed by atoms with E-state index in [4.69, 9.17) is 0 Å². The Kier molecular flexibility index (Phi) is 2.20. The van der Waals surface area contributed by atoms with Crippen LogP contribution in [0.25, 0.3) is 0 Å². The molecule has 0 aromatic rings. The van der Waals surface area contributed by atoms with E-state index in [1.165, 1.54) is 12.1 Å². The first-order valence-electron chi connectivity index (χ1n) is 4.61. The molecule has 2 aliphatic heterocycles. The van der Waals surface area contributed by atoms with E-state index < -0.39 is 0 Å². The zero-order chi connectivity index (χ0) is 9.31. The second kappa shape index (κ2) is 3.22. The molecule has 0 saturated carbocycles. The molecule has 2 aliphatic rings. The monoisotopic (exact) mass is 194 g/mol. The van der Waals surface area contributed by atoms with Gasteiger partial charge in [0.05, 0.1) is 16.2 Å². The van der Waals surface area contributed by atoms with E-state index >= 15 is 0 Å². The van der Waals surface area contributed by atoms with Gasteiger partial charge in [0.25, 0.3) is 0 Å². The van der Waals surface area contributed by atoms with Crippen molar-refractivity contribution < 1.29 is 0 Å². The number of nitrogens with zero attached hydrogens (tertiary/aromatic N) is 1. The first-order chi connectivity index (χ1) is 6.17. The van der Waals surface area contributed by atoms with E-state index in [-0.39, 0.29) is 4.75 Å². The normalized spacial score (nSPS) is 32.5. The van der Waals surface area contributed by atoms with Gasteiger partial charge in [-0.3, -0.25) is 4.99 Å². The number of fused-ring (bicyclic) bond motifs is 1. The zero-order valence-electron chi connectivity index (χ0n) is 7.75. The van der Waals surface area contributed by atoms with Crippen molar-refractivity contribution in [1.29, 1.82) is 0 Å². The summed E-state index contributed by atoms with van der Waals surface area (Å²) < 4.78 is -0.176. The van der Waals surface area contributed by atoms with Gasteiger partial charge in [0.1, 0.15) is 0 Å². The molecule has 2 rings (SSSR count). The van der Waals surface area contributed by atoms with Crippen molar-refractivity contribution in [3.63, 3.8) is 0 Å². The smallest absolute Gasteiger partial charge is 0.0632 e. The Labute approximate surface area is 84.2 Å². The summed E-state index contributed by atoms with van der Waals surface area (Å²) in [6.07, 6.45) is 8.26. The summed E-state index contributed by atoms with van der Waals surface area (Å²) in [5.74, 6) is 0. The first-order valence-corrected chi connectivity index (χ1v) is 5.06. The largest absolute Gasteiger partial charge is 0.384 e. The van der Waals surface area contributed by atoms with E-state index in [2.05, 4.69) is 35.9 Å². The first kappa shape index (κ1) is 8.88. The third-order valence-electron chi connectivity index (χ3n) is 2.30. The number of rotatable bonds is 0. The molecule has 3 heteroatoms. The molecular weight excluding hydrogens is 180 g/mol. The molecule has 1 atom stereocenters. The number of aliphatic imine (C=N–C) groups is 1. The Morgan fingerprint density at radius 1 is 1.62 bits per heavy atom. The lowest BCUT2D eigenvalue weighted by Gasteiger charge is -2.21. The van der Waals surface area contributed by atoms with Crippen LogP contribution in [0.1, 0.15) is 19.8 Å². The van der Waals surface area contributed by atoms with Crippen molar-refractivity contribution in [2.75, 3.05) is 6.54 Å².